The van der Waals surface area contributed by atoms with Crippen molar-refractivity contribution in [2.45, 2.75) is 30.9 Å². The average Bonchev–Trinajstić information content (AvgIpc) is 3.26. The van der Waals surface area contributed by atoms with E-state index in [1.807, 2.05) is 36.5 Å². The number of amides is 1. The summed E-state index contributed by atoms with van der Waals surface area (Å²) >= 11 is 1.78. The zero-order chi connectivity index (χ0) is 23.4. The highest BCUT2D eigenvalue weighted by molar-refractivity contribution is 8.00. The van der Waals surface area contributed by atoms with Gasteiger partial charge in [-0.2, -0.15) is 5.10 Å². The fourth-order valence-corrected chi connectivity index (χ4v) is 6.55. The quantitative estimate of drug-likeness (QED) is 0.229. The first kappa shape index (κ1) is 20.7. The summed E-state index contributed by atoms with van der Waals surface area (Å²) in [6, 6.07) is 24.8. The number of aromatic nitrogens is 4. The number of rotatable bonds is 6. The molecule has 1 atom stereocenters. The number of hydrogen-bond donors (Lipinski definition) is 2. The number of hydrogen-bond acceptors (Lipinski definition) is 4. The topological polar surface area (TPSA) is 74.4 Å². The van der Waals surface area contributed by atoms with Crippen LogP contribution in [0.15, 0.2) is 79.0 Å². The molecule has 0 spiro atoms. The van der Waals surface area contributed by atoms with E-state index >= 15 is 0 Å². The predicted octanol–water partition coefficient (Wildman–Crippen LogP) is 6.08. The van der Waals surface area contributed by atoms with Gasteiger partial charge in [-0.3, -0.25) is 5.10 Å². The van der Waals surface area contributed by atoms with Crippen LogP contribution in [-0.4, -0.2) is 31.3 Å². The zero-order valence-electron chi connectivity index (χ0n) is 19.1. The second-order valence-corrected chi connectivity index (χ2v) is 10.7. The lowest BCUT2D eigenvalue weighted by Gasteiger charge is -2.29. The Morgan fingerprint density at radius 2 is 1.89 bits per heavy atom. The fraction of sp³-hybridized carbons (Fsp3) is 0.179. The van der Waals surface area contributed by atoms with Crippen LogP contribution in [0.1, 0.15) is 29.8 Å². The van der Waals surface area contributed by atoms with Gasteiger partial charge in [0.05, 0.1) is 23.6 Å². The second kappa shape index (κ2) is 7.93. The summed E-state index contributed by atoms with van der Waals surface area (Å²) in [5.41, 5.74) is 6.35. The molecule has 1 unspecified atom stereocenters. The van der Waals surface area contributed by atoms with E-state index in [4.69, 9.17) is 4.98 Å². The molecular weight excluding hydrogens is 454 g/mol. The maximum atomic E-state index is 13.8. The van der Waals surface area contributed by atoms with Gasteiger partial charge in [0.1, 0.15) is 5.82 Å². The molecule has 1 aliphatic heterocycles. The molecule has 2 aromatic heterocycles. The highest BCUT2D eigenvalue weighted by Gasteiger charge is 2.54. The normalized spacial score (nSPS) is 19.4. The summed E-state index contributed by atoms with van der Waals surface area (Å²) in [4.78, 5) is 21.9. The van der Waals surface area contributed by atoms with Gasteiger partial charge in [0.15, 0.2) is 17.2 Å². The summed E-state index contributed by atoms with van der Waals surface area (Å²) in [7, 11) is 0. The highest BCUT2D eigenvalue weighted by Crippen LogP contribution is 2.55. The molecule has 1 saturated carbocycles. The minimum atomic E-state index is 0.205. The van der Waals surface area contributed by atoms with Gasteiger partial charge in [0.2, 0.25) is 0 Å². The van der Waals surface area contributed by atoms with E-state index in [-0.39, 0.29) is 9.80 Å². The summed E-state index contributed by atoms with van der Waals surface area (Å²) in [6.45, 7) is 0. The second-order valence-electron chi connectivity index (χ2n) is 9.31. The number of H-pyrrole nitrogens is 2. The van der Waals surface area contributed by atoms with Crippen LogP contribution < -0.4 is 3.89 Å². The molecule has 0 saturated heterocycles. The van der Waals surface area contributed by atoms with Gasteiger partial charge in [0, 0.05) is 52.8 Å². The molecule has 0 bridgehead atoms. The Labute approximate surface area is 207 Å². The van der Waals surface area contributed by atoms with Gasteiger partial charge >= 0.3 is 5.91 Å². The maximum absolute atomic E-state index is 13.8. The standard InChI is InChI=1S/C28H24N5OS/c34-27-17-23-22-13-14-29-24(22)11-12-25(23)33(27,35-21-9-10-21)20-8-4-7-19(16-20)28-30-26(31-32-28)15-18-5-2-1-3-6-18/h1-8,11-14,16,21,29H,9-10,15,17H2,(H,30,31,32)/q+1. The van der Waals surface area contributed by atoms with Crippen LogP contribution >= 0.6 is 11.9 Å². The molecular formula is C28H24N5OS+. The van der Waals surface area contributed by atoms with E-state index < -0.39 is 0 Å². The van der Waals surface area contributed by atoms with E-state index in [1.54, 1.807) is 11.9 Å². The summed E-state index contributed by atoms with van der Waals surface area (Å²) in [5.74, 6) is 1.69. The van der Waals surface area contributed by atoms with E-state index in [0.29, 0.717) is 23.9 Å². The average molecular weight is 479 g/mol. The summed E-state index contributed by atoms with van der Waals surface area (Å²) in [5, 5.41) is 9.24. The molecule has 0 radical (unpaired) electrons. The van der Waals surface area contributed by atoms with Crippen LogP contribution in [0, 0.1) is 0 Å². The molecule has 1 fully saturated rings. The lowest BCUT2D eigenvalue weighted by molar-refractivity contribution is -0.122. The number of carbonyl (C=O) groups excluding carboxylic acids is 1. The monoisotopic (exact) mass is 478 g/mol. The fourth-order valence-electron chi connectivity index (χ4n) is 5.05. The Kier molecular flexibility index (Phi) is 4.69. The number of quaternary nitrogens is 1. The van der Waals surface area contributed by atoms with Crippen LogP contribution in [0.5, 0.6) is 0 Å². The third-order valence-electron chi connectivity index (χ3n) is 6.89. The molecule has 1 amide bonds. The van der Waals surface area contributed by atoms with Crippen molar-refractivity contribution in [3.05, 3.63) is 95.9 Å². The van der Waals surface area contributed by atoms with Crippen LogP contribution in [0.25, 0.3) is 22.3 Å². The maximum Gasteiger partial charge on any atom is 0.340 e. The van der Waals surface area contributed by atoms with E-state index in [0.717, 1.165) is 52.1 Å². The van der Waals surface area contributed by atoms with Gasteiger partial charge in [0.25, 0.3) is 0 Å². The molecule has 1 aliphatic carbocycles. The molecule has 6 nitrogen and oxygen atoms in total. The van der Waals surface area contributed by atoms with Gasteiger partial charge < -0.3 is 4.98 Å². The predicted molar refractivity (Wildman–Crippen MR) is 140 cm³/mol. The molecule has 172 valence electrons. The van der Waals surface area contributed by atoms with Crippen LogP contribution in [0.3, 0.4) is 0 Å². The number of fused-ring (bicyclic) bond motifs is 3. The number of aromatic amines is 2. The van der Waals surface area contributed by atoms with Crippen molar-refractivity contribution in [2.24, 2.45) is 0 Å². The van der Waals surface area contributed by atoms with Crippen molar-refractivity contribution < 1.29 is 4.79 Å². The van der Waals surface area contributed by atoms with Crippen molar-refractivity contribution in [1.29, 1.82) is 0 Å². The van der Waals surface area contributed by atoms with Gasteiger partial charge in [-0.1, -0.05) is 42.5 Å². The SMILES string of the molecule is O=C1Cc2c(ccc3[nH]ccc23)[N+]1(SC1CC1)c1cccc(-c2n[nH]c(Cc3ccccc3)n2)c1. The summed E-state index contributed by atoms with van der Waals surface area (Å²) < 4.78 is 0.205. The Morgan fingerprint density at radius 1 is 1.00 bits per heavy atom. The van der Waals surface area contributed by atoms with Crippen molar-refractivity contribution >= 4 is 40.1 Å². The van der Waals surface area contributed by atoms with Crippen molar-refractivity contribution in [2.75, 3.05) is 0 Å². The molecule has 7 heteroatoms. The number of benzene rings is 3. The lowest BCUT2D eigenvalue weighted by atomic mass is 10.1. The zero-order valence-corrected chi connectivity index (χ0v) is 19.9. The first-order chi connectivity index (χ1) is 17.2. The van der Waals surface area contributed by atoms with Gasteiger partial charge in [-0.25, -0.2) is 9.78 Å². The van der Waals surface area contributed by atoms with E-state index in [9.17, 15) is 4.79 Å². The molecule has 7 rings (SSSR count). The van der Waals surface area contributed by atoms with Crippen molar-refractivity contribution in [1.82, 2.24) is 24.1 Å². The Morgan fingerprint density at radius 3 is 2.74 bits per heavy atom. The van der Waals surface area contributed by atoms with Crippen LogP contribution in [0.4, 0.5) is 11.4 Å². The Balaban J connectivity index is 1.31. The highest BCUT2D eigenvalue weighted by atomic mass is 32.2. The molecule has 2 aliphatic rings. The molecule has 5 aromatic rings. The van der Waals surface area contributed by atoms with E-state index in [1.165, 1.54) is 5.56 Å². The first-order valence-corrected chi connectivity index (χ1v) is 12.8. The Bertz CT molecular complexity index is 1570. The number of nitrogens with one attached hydrogen (secondary N) is 2. The molecule has 35 heavy (non-hydrogen) atoms. The number of carbonyl (C=O) groups is 1. The van der Waals surface area contributed by atoms with Crippen molar-refractivity contribution in [3.63, 3.8) is 0 Å². The minimum absolute atomic E-state index is 0.205. The number of nitrogens with zero attached hydrogens (tertiary/aromatic N) is 3. The Hall–Kier alpha value is -3.68. The van der Waals surface area contributed by atoms with E-state index in [2.05, 4.69) is 57.6 Å². The summed E-state index contributed by atoms with van der Waals surface area (Å²) in [6.07, 6.45) is 5.40. The smallest absolute Gasteiger partial charge is 0.340 e. The first-order valence-electron chi connectivity index (χ1n) is 12.0. The third kappa shape index (κ3) is 3.42. The minimum Gasteiger partial charge on any atom is -0.361 e. The van der Waals surface area contributed by atoms with Gasteiger partial charge in [-0.15, -0.1) is 3.89 Å². The molecule has 3 heterocycles. The van der Waals surface area contributed by atoms with Crippen LogP contribution in [-0.2, 0) is 17.6 Å². The van der Waals surface area contributed by atoms with Crippen LogP contribution in [0.2, 0.25) is 0 Å². The molecule has 3 aromatic carbocycles. The third-order valence-corrected chi connectivity index (χ3v) is 8.58. The van der Waals surface area contributed by atoms with Gasteiger partial charge in [-0.05, 0) is 30.5 Å². The van der Waals surface area contributed by atoms with Crippen molar-refractivity contribution in [3.8, 4) is 11.4 Å². The largest absolute Gasteiger partial charge is 0.361 e. The lowest BCUT2D eigenvalue weighted by Crippen LogP contribution is -2.40. The molecule has 2 N–H and O–H groups in total.